The van der Waals surface area contributed by atoms with Crippen molar-refractivity contribution in [1.29, 1.82) is 0 Å². The summed E-state index contributed by atoms with van der Waals surface area (Å²) in [5.41, 5.74) is 2.44. The minimum atomic E-state index is 0.146. The van der Waals surface area contributed by atoms with E-state index in [1.807, 2.05) is 25.2 Å². The molecule has 0 spiro atoms. The third kappa shape index (κ3) is 3.58. The molecule has 2 unspecified atom stereocenters. The highest BCUT2D eigenvalue weighted by Gasteiger charge is 2.11. The standard InChI is InChI=1S/C17H21NO/c1-13(18-3)14(2)19-17-11-9-16(10-12-17)15-7-5-4-6-8-15/h4-14,18H,1-3H3. The molecule has 0 saturated carbocycles. The molecule has 0 saturated heterocycles. The Morgan fingerprint density at radius 2 is 1.42 bits per heavy atom. The summed E-state index contributed by atoms with van der Waals surface area (Å²) in [4.78, 5) is 0. The van der Waals surface area contributed by atoms with E-state index in [2.05, 4.69) is 55.6 Å². The van der Waals surface area contributed by atoms with E-state index in [4.69, 9.17) is 4.74 Å². The van der Waals surface area contributed by atoms with Crippen molar-refractivity contribution in [2.24, 2.45) is 0 Å². The monoisotopic (exact) mass is 255 g/mol. The van der Waals surface area contributed by atoms with Gasteiger partial charge in [0.2, 0.25) is 0 Å². The van der Waals surface area contributed by atoms with Gasteiger partial charge in [0.05, 0.1) is 0 Å². The van der Waals surface area contributed by atoms with E-state index in [-0.39, 0.29) is 6.10 Å². The largest absolute Gasteiger partial charge is 0.489 e. The zero-order valence-electron chi connectivity index (χ0n) is 11.8. The van der Waals surface area contributed by atoms with Crippen LogP contribution in [0.3, 0.4) is 0 Å². The van der Waals surface area contributed by atoms with Crippen LogP contribution in [0, 0.1) is 0 Å². The van der Waals surface area contributed by atoms with Crippen LogP contribution in [-0.4, -0.2) is 19.2 Å². The average Bonchev–Trinajstić information content (AvgIpc) is 2.48. The Bertz CT molecular complexity index is 492. The van der Waals surface area contributed by atoms with Crippen LogP contribution in [0.25, 0.3) is 11.1 Å². The van der Waals surface area contributed by atoms with Crippen LogP contribution in [-0.2, 0) is 0 Å². The number of hydrogen-bond donors (Lipinski definition) is 1. The highest BCUT2D eigenvalue weighted by atomic mass is 16.5. The molecule has 2 atom stereocenters. The Balaban J connectivity index is 2.07. The first kappa shape index (κ1) is 13.6. The van der Waals surface area contributed by atoms with Crippen molar-refractivity contribution in [1.82, 2.24) is 5.32 Å². The maximum absolute atomic E-state index is 5.90. The van der Waals surface area contributed by atoms with E-state index in [0.717, 1.165) is 5.75 Å². The van der Waals surface area contributed by atoms with Gasteiger partial charge in [-0.2, -0.15) is 0 Å². The quantitative estimate of drug-likeness (QED) is 0.879. The van der Waals surface area contributed by atoms with E-state index >= 15 is 0 Å². The fourth-order valence-corrected chi connectivity index (χ4v) is 1.91. The Hall–Kier alpha value is -1.80. The summed E-state index contributed by atoms with van der Waals surface area (Å²) >= 11 is 0. The SMILES string of the molecule is CNC(C)C(C)Oc1ccc(-c2ccccc2)cc1. The molecule has 1 N–H and O–H groups in total. The van der Waals surface area contributed by atoms with Crippen molar-refractivity contribution < 1.29 is 4.74 Å². The second-order valence-corrected chi connectivity index (χ2v) is 4.79. The molecular weight excluding hydrogens is 234 g/mol. The zero-order chi connectivity index (χ0) is 13.7. The summed E-state index contributed by atoms with van der Waals surface area (Å²) in [7, 11) is 1.95. The summed E-state index contributed by atoms with van der Waals surface area (Å²) in [6.45, 7) is 4.19. The van der Waals surface area contributed by atoms with Gasteiger partial charge in [0.1, 0.15) is 11.9 Å². The lowest BCUT2D eigenvalue weighted by Gasteiger charge is -2.21. The maximum Gasteiger partial charge on any atom is 0.119 e. The second-order valence-electron chi connectivity index (χ2n) is 4.79. The predicted molar refractivity (Wildman–Crippen MR) is 80.5 cm³/mol. The predicted octanol–water partition coefficient (Wildman–Crippen LogP) is 3.73. The second kappa shape index (κ2) is 6.39. The Labute approximate surface area is 115 Å². The molecule has 0 aliphatic carbocycles. The third-order valence-corrected chi connectivity index (χ3v) is 3.44. The molecule has 0 aromatic heterocycles. The van der Waals surface area contributed by atoms with Crippen LogP contribution < -0.4 is 10.1 Å². The smallest absolute Gasteiger partial charge is 0.119 e. The molecule has 0 bridgehead atoms. The van der Waals surface area contributed by atoms with Crippen LogP contribution in [0.4, 0.5) is 0 Å². The van der Waals surface area contributed by atoms with E-state index in [1.54, 1.807) is 0 Å². The first-order valence-electron chi connectivity index (χ1n) is 6.70. The summed E-state index contributed by atoms with van der Waals surface area (Å²) in [5.74, 6) is 0.911. The fraction of sp³-hybridized carbons (Fsp3) is 0.294. The van der Waals surface area contributed by atoms with Gasteiger partial charge in [0.15, 0.2) is 0 Å². The molecule has 2 rings (SSSR count). The van der Waals surface area contributed by atoms with Gasteiger partial charge in [-0.3, -0.25) is 0 Å². The number of ether oxygens (including phenoxy) is 1. The minimum absolute atomic E-state index is 0.146. The van der Waals surface area contributed by atoms with Crippen molar-refractivity contribution in [2.75, 3.05) is 7.05 Å². The van der Waals surface area contributed by atoms with E-state index in [1.165, 1.54) is 11.1 Å². The first-order chi connectivity index (χ1) is 9.20. The van der Waals surface area contributed by atoms with E-state index in [9.17, 15) is 0 Å². The van der Waals surface area contributed by atoms with Crippen molar-refractivity contribution >= 4 is 0 Å². The topological polar surface area (TPSA) is 21.3 Å². The summed E-state index contributed by atoms with van der Waals surface area (Å²) in [5, 5.41) is 3.20. The molecule has 0 radical (unpaired) electrons. The van der Waals surface area contributed by atoms with Crippen molar-refractivity contribution in [2.45, 2.75) is 26.0 Å². The van der Waals surface area contributed by atoms with Crippen molar-refractivity contribution in [3.63, 3.8) is 0 Å². The molecule has 2 aromatic carbocycles. The molecule has 2 heteroatoms. The lowest BCUT2D eigenvalue weighted by atomic mass is 10.1. The summed E-state index contributed by atoms with van der Waals surface area (Å²) in [6, 6.07) is 18.9. The van der Waals surface area contributed by atoms with Crippen LogP contribution in [0.1, 0.15) is 13.8 Å². The minimum Gasteiger partial charge on any atom is -0.489 e. The summed E-state index contributed by atoms with van der Waals surface area (Å²) in [6.07, 6.45) is 0.146. The van der Waals surface area contributed by atoms with Gasteiger partial charge in [0, 0.05) is 6.04 Å². The molecule has 0 aliphatic heterocycles. The number of nitrogens with one attached hydrogen (secondary N) is 1. The molecular formula is C17H21NO. The van der Waals surface area contributed by atoms with Gasteiger partial charge in [-0.05, 0) is 44.2 Å². The lowest BCUT2D eigenvalue weighted by molar-refractivity contribution is 0.182. The fourth-order valence-electron chi connectivity index (χ4n) is 1.91. The number of rotatable bonds is 5. The van der Waals surface area contributed by atoms with Crippen molar-refractivity contribution in [3.8, 4) is 16.9 Å². The molecule has 2 nitrogen and oxygen atoms in total. The third-order valence-electron chi connectivity index (χ3n) is 3.44. The van der Waals surface area contributed by atoms with E-state index in [0.29, 0.717) is 6.04 Å². The van der Waals surface area contributed by atoms with Gasteiger partial charge < -0.3 is 10.1 Å². The average molecular weight is 255 g/mol. The van der Waals surface area contributed by atoms with Crippen LogP contribution in [0.2, 0.25) is 0 Å². The molecule has 0 fully saturated rings. The van der Waals surface area contributed by atoms with Gasteiger partial charge >= 0.3 is 0 Å². The lowest BCUT2D eigenvalue weighted by Crippen LogP contribution is -2.36. The van der Waals surface area contributed by atoms with Crippen LogP contribution in [0.15, 0.2) is 54.6 Å². The first-order valence-corrected chi connectivity index (χ1v) is 6.70. The molecule has 100 valence electrons. The number of hydrogen-bond acceptors (Lipinski definition) is 2. The molecule has 0 aliphatic rings. The Kier molecular flexibility index (Phi) is 4.58. The molecule has 0 heterocycles. The molecule has 19 heavy (non-hydrogen) atoms. The molecule has 0 amide bonds. The normalized spacial score (nSPS) is 13.8. The highest BCUT2D eigenvalue weighted by molar-refractivity contribution is 5.63. The summed E-state index contributed by atoms with van der Waals surface area (Å²) < 4.78 is 5.90. The van der Waals surface area contributed by atoms with Crippen LogP contribution >= 0.6 is 0 Å². The Morgan fingerprint density at radius 3 is 2.00 bits per heavy atom. The highest BCUT2D eigenvalue weighted by Crippen LogP contribution is 2.22. The number of benzene rings is 2. The number of likely N-dealkylation sites (N-methyl/N-ethyl adjacent to an activating group) is 1. The van der Waals surface area contributed by atoms with Gasteiger partial charge in [-0.1, -0.05) is 42.5 Å². The van der Waals surface area contributed by atoms with Crippen LogP contribution in [0.5, 0.6) is 5.75 Å². The van der Waals surface area contributed by atoms with Gasteiger partial charge in [-0.25, -0.2) is 0 Å². The van der Waals surface area contributed by atoms with Gasteiger partial charge in [0.25, 0.3) is 0 Å². The maximum atomic E-state index is 5.90. The van der Waals surface area contributed by atoms with E-state index < -0.39 is 0 Å². The zero-order valence-corrected chi connectivity index (χ0v) is 11.8. The van der Waals surface area contributed by atoms with Gasteiger partial charge in [-0.15, -0.1) is 0 Å². The molecule has 2 aromatic rings. The Morgan fingerprint density at radius 1 is 0.842 bits per heavy atom. The van der Waals surface area contributed by atoms with Crippen molar-refractivity contribution in [3.05, 3.63) is 54.6 Å².